The Morgan fingerprint density at radius 3 is 2.57 bits per heavy atom. The minimum absolute atomic E-state index is 0.287. The topological polar surface area (TPSA) is 52.0 Å². The first-order chi connectivity index (χ1) is 10.1. The molecule has 0 unspecified atom stereocenters. The van der Waals surface area contributed by atoms with Gasteiger partial charge in [-0.05, 0) is 40.0 Å². The van der Waals surface area contributed by atoms with Crippen LogP contribution in [0.4, 0.5) is 5.88 Å². The van der Waals surface area contributed by atoms with Crippen LogP contribution in [0, 0.1) is 6.92 Å². The van der Waals surface area contributed by atoms with Gasteiger partial charge in [0.15, 0.2) is 0 Å². The fourth-order valence-corrected chi connectivity index (χ4v) is 2.87. The molecule has 0 aliphatic heterocycles. The van der Waals surface area contributed by atoms with Crippen LogP contribution in [0.5, 0.6) is 0 Å². The summed E-state index contributed by atoms with van der Waals surface area (Å²) in [6.07, 6.45) is 0. The standard InChI is InChI=1S/C16H12BrClN2O/c1-9-5-2-3-6-10(9)13-15(20-21-16(13)19)11-7-4-8-12(17)14(11)18/h2-8H,19H2,1H3. The molecule has 0 saturated carbocycles. The van der Waals surface area contributed by atoms with Gasteiger partial charge in [0, 0.05) is 10.0 Å². The lowest BCUT2D eigenvalue weighted by molar-refractivity contribution is 0.439. The zero-order valence-electron chi connectivity index (χ0n) is 11.2. The highest BCUT2D eigenvalue weighted by Crippen LogP contribution is 2.41. The molecule has 0 amide bonds. The summed E-state index contributed by atoms with van der Waals surface area (Å²) >= 11 is 9.79. The van der Waals surface area contributed by atoms with Crippen LogP contribution < -0.4 is 5.73 Å². The molecule has 1 aromatic heterocycles. The molecule has 3 rings (SSSR count). The number of hydrogen-bond acceptors (Lipinski definition) is 3. The summed E-state index contributed by atoms with van der Waals surface area (Å²) < 4.78 is 6.01. The van der Waals surface area contributed by atoms with E-state index >= 15 is 0 Å². The van der Waals surface area contributed by atoms with Crippen LogP contribution in [-0.4, -0.2) is 5.16 Å². The van der Waals surface area contributed by atoms with Crippen molar-refractivity contribution in [3.05, 3.63) is 57.5 Å². The summed E-state index contributed by atoms with van der Waals surface area (Å²) in [6.45, 7) is 2.02. The first kappa shape index (κ1) is 14.2. The summed E-state index contributed by atoms with van der Waals surface area (Å²) in [5.41, 5.74) is 10.3. The van der Waals surface area contributed by atoms with E-state index in [0.29, 0.717) is 10.7 Å². The van der Waals surface area contributed by atoms with Crippen molar-refractivity contribution in [2.75, 3.05) is 5.73 Å². The summed E-state index contributed by atoms with van der Waals surface area (Å²) in [5.74, 6) is 0.287. The number of nitrogens with two attached hydrogens (primary N) is 1. The second-order valence-corrected chi connectivity index (χ2v) is 5.92. The number of benzene rings is 2. The van der Waals surface area contributed by atoms with E-state index in [-0.39, 0.29) is 5.88 Å². The van der Waals surface area contributed by atoms with Gasteiger partial charge in [0.05, 0.1) is 10.6 Å². The smallest absolute Gasteiger partial charge is 0.230 e. The van der Waals surface area contributed by atoms with Gasteiger partial charge in [-0.25, -0.2) is 0 Å². The molecule has 0 saturated heterocycles. The Bertz CT molecular complexity index is 814. The first-order valence-electron chi connectivity index (χ1n) is 6.35. The van der Waals surface area contributed by atoms with Crippen LogP contribution in [0.15, 0.2) is 51.5 Å². The van der Waals surface area contributed by atoms with Crippen molar-refractivity contribution in [3.63, 3.8) is 0 Å². The molecule has 106 valence electrons. The van der Waals surface area contributed by atoms with Gasteiger partial charge in [-0.2, -0.15) is 0 Å². The number of aryl methyl sites for hydroxylation is 1. The van der Waals surface area contributed by atoms with Crippen molar-refractivity contribution in [3.8, 4) is 22.4 Å². The van der Waals surface area contributed by atoms with Gasteiger partial charge in [0.25, 0.3) is 0 Å². The summed E-state index contributed by atoms with van der Waals surface area (Å²) in [7, 11) is 0. The third kappa shape index (κ3) is 2.45. The van der Waals surface area contributed by atoms with E-state index in [0.717, 1.165) is 26.7 Å². The van der Waals surface area contributed by atoms with E-state index in [9.17, 15) is 0 Å². The van der Waals surface area contributed by atoms with Crippen molar-refractivity contribution in [1.82, 2.24) is 5.16 Å². The molecule has 1 heterocycles. The number of aromatic nitrogens is 1. The summed E-state index contributed by atoms with van der Waals surface area (Å²) in [5, 5.41) is 4.68. The second kappa shape index (κ2) is 5.54. The second-order valence-electron chi connectivity index (χ2n) is 4.69. The predicted octanol–water partition coefficient (Wildman–Crippen LogP) is 5.32. The van der Waals surface area contributed by atoms with Gasteiger partial charge < -0.3 is 10.3 Å². The quantitative estimate of drug-likeness (QED) is 0.671. The Morgan fingerprint density at radius 1 is 1.10 bits per heavy atom. The molecule has 0 atom stereocenters. The Hall–Kier alpha value is -1.78. The van der Waals surface area contributed by atoms with Crippen molar-refractivity contribution in [2.24, 2.45) is 0 Å². The third-order valence-electron chi connectivity index (χ3n) is 3.34. The Morgan fingerprint density at radius 2 is 1.81 bits per heavy atom. The molecular weight excluding hydrogens is 352 g/mol. The van der Waals surface area contributed by atoms with Crippen LogP contribution >= 0.6 is 27.5 Å². The maximum Gasteiger partial charge on any atom is 0.230 e. The molecule has 0 aliphatic carbocycles. The van der Waals surface area contributed by atoms with E-state index in [1.807, 2.05) is 49.4 Å². The molecular formula is C16H12BrClN2O. The van der Waals surface area contributed by atoms with E-state index in [2.05, 4.69) is 21.1 Å². The molecule has 0 spiro atoms. The van der Waals surface area contributed by atoms with E-state index in [4.69, 9.17) is 21.9 Å². The first-order valence-corrected chi connectivity index (χ1v) is 7.52. The molecule has 5 heteroatoms. The minimum Gasteiger partial charge on any atom is -0.367 e. The molecule has 3 aromatic rings. The summed E-state index contributed by atoms with van der Waals surface area (Å²) in [6, 6.07) is 13.6. The van der Waals surface area contributed by atoms with Gasteiger partial charge in [-0.15, -0.1) is 0 Å². The van der Waals surface area contributed by atoms with Crippen LogP contribution in [0.25, 0.3) is 22.4 Å². The van der Waals surface area contributed by atoms with Crippen LogP contribution in [0.3, 0.4) is 0 Å². The Labute approximate surface area is 135 Å². The number of rotatable bonds is 2. The molecule has 3 nitrogen and oxygen atoms in total. The van der Waals surface area contributed by atoms with Gasteiger partial charge in [0.2, 0.25) is 5.88 Å². The zero-order valence-corrected chi connectivity index (χ0v) is 13.6. The number of hydrogen-bond donors (Lipinski definition) is 1. The van der Waals surface area contributed by atoms with Crippen LogP contribution in [-0.2, 0) is 0 Å². The number of anilines is 1. The average Bonchev–Trinajstić information content (AvgIpc) is 2.84. The summed E-state index contributed by atoms with van der Waals surface area (Å²) in [4.78, 5) is 0. The van der Waals surface area contributed by atoms with Crippen molar-refractivity contribution in [1.29, 1.82) is 0 Å². The number of nitrogens with zero attached hydrogens (tertiary/aromatic N) is 1. The SMILES string of the molecule is Cc1ccccc1-c1c(-c2cccc(Br)c2Cl)noc1N. The van der Waals surface area contributed by atoms with Gasteiger partial charge >= 0.3 is 0 Å². The monoisotopic (exact) mass is 362 g/mol. The molecule has 0 bridgehead atoms. The number of nitrogen functional groups attached to an aromatic ring is 1. The zero-order chi connectivity index (χ0) is 15.0. The van der Waals surface area contributed by atoms with E-state index in [1.54, 1.807) is 0 Å². The minimum atomic E-state index is 0.287. The molecule has 0 fully saturated rings. The molecule has 0 aliphatic rings. The Kier molecular flexibility index (Phi) is 3.74. The van der Waals surface area contributed by atoms with Gasteiger partial charge in [-0.3, -0.25) is 0 Å². The fourth-order valence-electron chi connectivity index (χ4n) is 2.29. The number of halogens is 2. The van der Waals surface area contributed by atoms with Crippen LogP contribution in [0.1, 0.15) is 5.56 Å². The maximum absolute atomic E-state index is 6.37. The van der Waals surface area contributed by atoms with Crippen LogP contribution in [0.2, 0.25) is 5.02 Å². The van der Waals surface area contributed by atoms with Crippen molar-refractivity contribution < 1.29 is 4.52 Å². The normalized spacial score (nSPS) is 10.8. The van der Waals surface area contributed by atoms with Crippen molar-refractivity contribution in [2.45, 2.75) is 6.92 Å². The van der Waals surface area contributed by atoms with Gasteiger partial charge in [-0.1, -0.05) is 53.2 Å². The predicted molar refractivity (Wildman–Crippen MR) is 89.2 cm³/mol. The highest BCUT2D eigenvalue weighted by Gasteiger charge is 2.21. The van der Waals surface area contributed by atoms with E-state index < -0.39 is 0 Å². The largest absolute Gasteiger partial charge is 0.367 e. The maximum atomic E-state index is 6.37. The fraction of sp³-hybridized carbons (Fsp3) is 0.0625. The highest BCUT2D eigenvalue weighted by molar-refractivity contribution is 9.10. The molecule has 2 N–H and O–H groups in total. The lowest BCUT2D eigenvalue weighted by Crippen LogP contribution is -1.90. The molecule has 21 heavy (non-hydrogen) atoms. The van der Waals surface area contributed by atoms with E-state index in [1.165, 1.54) is 0 Å². The van der Waals surface area contributed by atoms with Gasteiger partial charge in [0.1, 0.15) is 5.69 Å². The van der Waals surface area contributed by atoms with Crippen molar-refractivity contribution >= 4 is 33.4 Å². The Balaban J connectivity index is 2.28. The average molecular weight is 364 g/mol. The molecule has 2 aromatic carbocycles. The highest BCUT2D eigenvalue weighted by atomic mass is 79.9. The molecule has 0 radical (unpaired) electrons. The third-order valence-corrected chi connectivity index (χ3v) is 4.64. The lowest BCUT2D eigenvalue weighted by Gasteiger charge is -2.08. The lowest BCUT2D eigenvalue weighted by atomic mass is 9.97.